The Morgan fingerprint density at radius 3 is 0.523 bits per heavy atom. The quantitative estimate of drug-likeness (QED) is 0.0499. The highest BCUT2D eigenvalue weighted by atomic mass is 35.5. The molecule has 0 aliphatic carbocycles. The Morgan fingerprint density at radius 2 is 0.318 bits per heavy atom. The molecule has 14 rings (SSSR count). The van der Waals surface area contributed by atoms with E-state index in [4.69, 9.17) is 34.8 Å². The van der Waals surface area contributed by atoms with E-state index in [0.29, 0.717) is 61.2 Å². The predicted octanol–water partition coefficient (Wildman–Crippen LogP) is 22.9. The van der Waals surface area contributed by atoms with E-state index in [1.807, 2.05) is 103 Å². The minimum absolute atomic E-state index is 0.102. The van der Waals surface area contributed by atoms with Crippen molar-refractivity contribution in [3.63, 3.8) is 0 Å². The normalized spacial score (nSPS) is 10.3. The first-order valence-corrected chi connectivity index (χ1v) is 34.1. The van der Waals surface area contributed by atoms with Gasteiger partial charge in [-0.15, -0.1) is 0 Å². The molecule has 524 valence electrons. The van der Waals surface area contributed by atoms with Crippen molar-refractivity contribution >= 4 is 79.4 Å². The second kappa shape index (κ2) is 37.5. The summed E-state index contributed by atoms with van der Waals surface area (Å²) in [5.74, 6) is -2.47. The molecule has 0 fully saturated rings. The molecule has 14 aromatic carbocycles. The SMILES string of the molecule is O=C(Cl)c1ccc(F)cc1.O=C(Cl)c1cccc(C(=O)Cl)c1.O=C(c1ccc(F)cc1)c1ccc(-c2ccc(C(=O)c3cccc(C(=O)c4ccc(-c5ccc(C(=O)c6ccc(F)cc6)cc5)cc4)c3)cc2)cc1.O=C(c1ccc(F)cc1)c1ccc(-c2ccccc2)cc1.c1ccc(-c2ccccc2)cc1. The summed E-state index contributed by atoms with van der Waals surface area (Å²) >= 11 is 15.5. The molecule has 0 aromatic heterocycles. The van der Waals surface area contributed by atoms with Crippen molar-refractivity contribution in [2.75, 3.05) is 0 Å². The van der Waals surface area contributed by atoms with Crippen molar-refractivity contribution in [2.45, 2.75) is 0 Å². The maximum atomic E-state index is 13.4. The van der Waals surface area contributed by atoms with Crippen molar-refractivity contribution in [3.05, 3.63) is 454 Å². The fraction of sp³-hybridized carbons (Fsp3) is 0. The number of hydrogen-bond acceptors (Lipinski definition) is 8. The summed E-state index contributed by atoms with van der Waals surface area (Å²) in [6, 6.07) is 101. The summed E-state index contributed by atoms with van der Waals surface area (Å²) < 4.78 is 51.6. The lowest BCUT2D eigenvalue weighted by molar-refractivity contribution is 0.102. The van der Waals surface area contributed by atoms with E-state index in [1.54, 1.807) is 91.0 Å². The summed E-state index contributed by atoms with van der Waals surface area (Å²) in [7, 11) is 0. The fourth-order valence-electron chi connectivity index (χ4n) is 10.7. The first-order chi connectivity index (χ1) is 51.7. The molecule has 0 unspecified atom stereocenters. The van der Waals surface area contributed by atoms with E-state index in [0.717, 1.165) is 33.4 Å². The van der Waals surface area contributed by atoms with Gasteiger partial charge < -0.3 is 0 Å². The molecule has 0 aliphatic heterocycles. The molecule has 0 saturated heterocycles. The summed E-state index contributed by atoms with van der Waals surface area (Å²) in [5, 5.41) is -1.77. The van der Waals surface area contributed by atoms with Crippen molar-refractivity contribution in [1.82, 2.24) is 0 Å². The van der Waals surface area contributed by atoms with Crippen molar-refractivity contribution in [1.29, 1.82) is 0 Å². The zero-order chi connectivity index (χ0) is 75.8. The predicted molar refractivity (Wildman–Crippen MR) is 414 cm³/mol. The van der Waals surface area contributed by atoms with Gasteiger partial charge >= 0.3 is 0 Å². The number of carbonyl (C=O) groups is 8. The third-order valence-electron chi connectivity index (χ3n) is 16.5. The zero-order valence-corrected chi connectivity index (χ0v) is 58.7. The van der Waals surface area contributed by atoms with E-state index >= 15 is 0 Å². The summed E-state index contributed by atoms with van der Waals surface area (Å²) in [6.07, 6.45) is 0. The maximum absolute atomic E-state index is 13.4. The number of benzene rings is 14. The lowest BCUT2D eigenvalue weighted by Crippen LogP contribution is -2.06. The van der Waals surface area contributed by atoms with Crippen LogP contribution in [0, 0.1) is 23.3 Å². The van der Waals surface area contributed by atoms with Crippen LogP contribution < -0.4 is 0 Å². The smallest absolute Gasteiger partial charge is 0.252 e. The molecule has 0 spiro atoms. The Bertz CT molecular complexity index is 5180. The number of carbonyl (C=O) groups excluding carboxylic acids is 8. The van der Waals surface area contributed by atoms with E-state index in [2.05, 4.69) is 48.5 Å². The van der Waals surface area contributed by atoms with Crippen LogP contribution in [0.25, 0.3) is 44.5 Å². The van der Waals surface area contributed by atoms with E-state index in [9.17, 15) is 55.9 Å². The van der Waals surface area contributed by atoms with Crippen LogP contribution in [0.2, 0.25) is 0 Å². The van der Waals surface area contributed by atoms with Gasteiger partial charge in [0.05, 0.1) is 0 Å². The van der Waals surface area contributed by atoms with Crippen LogP contribution in [-0.2, 0) is 0 Å². The van der Waals surface area contributed by atoms with Gasteiger partial charge in [-0.2, -0.15) is 0 Å². The summed E-state index contributed by atoms with van der Waals surface area (Å²) in [4.78, 5) is 96.3. The van der Waals surface area contributed by atoms with E-state index in [1.165, 1.54) is 126 Å². The molecular weight excluding hydrogens is 1420 g/mol. The van der Waals surface area contributed by atoms with Crippen LogP contribution in [0.5, 0.6) is 0 Å². The second-order valence-corrected chi connectivity index (χ2v) is 24.7. The Balaban J connectivity index is 0.000000178. The molecule has 0 amide bonds. The number of ketones is 5. The molecule has 0 heterocycles. The highest BCUT2D eigenvalue weighted by Gasteiger charge is 2.18. The van der Waals surface area contributed by atoms with Crippen molar-refractivity contribution in [2.24, 2.45) is 0 Å². The first kappa shape index (κ1) is 76.7. The average molecular weight is 1470 g/mol. The summed E-state index contributed by atoms with van der Waals surface area (Å²) in [6.45, 7) is 0. The van der Waals surface area contributed by atoms with Gasteiger partial charge in [-0.1, -0.05) is 249 Å². The van der Waals surface area contributed by atoms with Crippen LogP contribution in [0.3, 0.4) is 0 Å². The third kappa shape index (κ3) is 21.6. The number of halogens is 7. The molecule has 15 heteroatoms. The molecule has 0 radical (unpaired) electrons. The number of rotatable bonds is 17. The lowest BCUT2D eigenvalue weighted by Gasteiger charge is -2.08. The van der Waals surface area contributed by atoms with Crippen LogP contribution in [-0.4, -0.2) is 44.6 Å². The largest absolute Gasteiger partial charge is 0.289 e. The van der Waals surface area contributed by atoms with E-state index < -0.39 is 27.4 Å². The van der Waals surface area contributed by atoms with Gasteiger partial charge in [-0.25, -0.2) is 17.6 Å². The minimum Gasteiger partial charge on any atom is -0.289 e. The fourth-order valence-corrected chi connectivity index (χ4v) is 11.1. The van der Waals surface area contributed by atoms with Gasteiger partial charge in [0.1, 0.15) is 23.3 Å². The van der Waals surface area contributed by atoms with Gasteiger partial charge in [0, 0.05) is 72.3 Å². The minimum atomic E-state index is -0.602. The Kier molecular flexibility index (Phi) is 26.8. The lowest BCUT2D eigenvalue weighted by atomic mass is 9.95. The Labute approximate surface area is 629 Å². The van der Waals surface area contributed by atoms with Crippen molar-refractivity contribution in [3.8, 4) is 44.5 Å². The van der Waals surface area contributed by atoms with Crippen LogP contribution in [0.4, 0.5) is 17.6 Å². The summed E-state index contributed by atoms with van der Waals surface area (Å²) in [5.41, 5.74) is 13.6. The van der Waals surface area contributed by atoms with Gasteiger partial charge in [-0.3, -0.25) is 38.4 Å². The Hall–Kier alpha value is -13.0. The zero-order valence-electron chi connectivity index (χ0n) is 56.5. The molecule has 14 aromatic rings. The van der Waals surface area contributed by atoms with Crippen LogP contribution in [0.1, 0.15) is 111 Å². The standard InChI is InChI=1S/C46H28F2O4.C19H13FO.C12H10.C8H4Cl2O2.C7H4ClFO/c47-41-24-20-37(21-25-41)43(49)33-12-4-29(5-13-33)31-8-16-35(17-9-31)45(51)39-2-1-3-40(28-39)46(52)36-18-10-32(11-19-36)30-6-14-34(15-7-30)44(50)38-22-26-42(48)27-23-38;20-18-12-10-17(11-13-18)19(21)16-8-6-15(7-9-16)14-4-2-1-3-5-14;1-3-7-11(8-4-1)12-9-5-2-6-10-12;9-7(11)5-2-1-3-6(4-5)8(10)12;8-7(10)5-1-3-6(9)4-2-5/h1-28H;1-13H;1-10H;1-4H;1-4H. The second-order valence-electron chi connectivity index (χ2n) is 23.6. The number of hydrogen-bond donors (Lipinski definition) is 0. The van der Waals surface area contributed by atoms with Crippen LogP contribution in [0.15, 0.2) is 358 Å². The highest BCUT2D eigenvalue weighted by molar-refractivity contribution is 6.69. The molecule has 0 N–H and O–H groups in total. The molecule has 0 atom stereocenters. The van der Waals surface area contributed by atoms with Gasteiger partial charge in [0.15, 0.2) is 28.9 Å². The average Bonchev–Trinajstić information content (AvgIpc) is 0.635. The molecule has 0 bridgehead atoms. The molecule has 107 heavy (non-hydrogen) atoms. The van der Waals surface area contributed by atoms with Crippen molar-refractivity contribution < 1.29 is 55.9 Å². The molecule has 0 aliphatic rings. The third-order valence-corrected chi connectivity index (χ3v) is 17.1. The van der Waals surface area contributed by atoms with Gasteiger partial charge in [-0.05, 0) is 189 Å². The molecule has 8 nitrogen and oxygen atoms in total. The van der Waals surface area contributed by atoms with Crippen LogP contribution >= 0.6 is 34.8 Å². The topological polar surface area (TPSA) is 137 Å². The Morgan fingerprint density at radius 1 is 0.159 bits per heavy atom. The monoisotopic (exact) mass is 1470 g/mol. The maximum Gasteiger partial charge on any atom is 0.252 e. The van der Waals surface area contributed by atoms with Gasteiger partial charge in [0.2, 0.25) is 0 Å². The van der Waals surface area contributed by atoms with E-state index in [-0.39, 0.29) is 51.7 Å². The van der Waals surface area contributed by atoms with Gasteiger partial charge in [0.25, 0.3) is 15.7 Å². The highest BCUT2D eigenvalue weighted by Crippen LogP contribution is 2.27. The first-order valence-electron chi connectivity index (χ1n) is 33.0. The molecule has 0 saturated carbocycles. The molecular formula is C92H59Cl3F4O8.